The molecular weight excluding hydrogens is 396 g/mol. The summed E-state index contributed by atoms with van der Waals surface area (Å²) >= 11 is 0. The molecule has 1 amide bonds. The average Bonchev–Trinajstić information content (AvgIpc) is 3.22. The monoisotopic (exact) mass is 418 g/mol. The summed E-state index contributed by atoms with van der Waals surface area (Å²) in [6.07, 6.45) is 3.15. The Bertz CT molecular complexity index is 1140. The molecule has 3 aromatic rings. The molecule has 1 aromatic carbocycles. The van der Waals surface area contributed by atoms with Crippen molar-refractivity contribution in [3.63, 3.8) is 0 Å². The minimum Gasteiger partial charge on any atom is -0.332 e. The van der Waals surface area contributed by atoms with Crippen molar-refractivity contribution in [3.8, 4) is 11.8 Å². The van der Waals surface area contributed by atoms with E-state index in [2.05, 4.69) is 20.2 Å². The number of hydrogen-bond donors (Lipinski definition) is 0. The van der Waals surface area contributed by atoms with Gasteiger partial charge in [0.2, 0.25) is 0 Å². The highest BCUT2D eigenvalue weighted by molar-refractivity contribution is 5.98. The summed E-state index contributed by atoms with van der Waals surface area (Å²) in [5.41, 5.74) is 3.06. The molecule has 1 fully saturated rings. The maximum atomic E-state index is 13.5. The molecule has 0 N–H and O–H groups in total. The Kier molecular flexibility index (Phi) is 5.60. The van der Waals surface area contributed by atoms with Crippen LogP contribution in [0.15, 0.2) is 36.7 Å². The van der Waals surface area contributed by atoms with Crippen LogP contribution in [0.3, 0.4) is 0 Å². The van der Waals surface area contributed by atoms with Crippen LogP contribution in [0, 0.1) is 25.2 Å². The highest BCUT2D eigenvalue weighted by atomic mass is 16.7. The Balaban J connectivity index is 1.61. The van der Waals surface area contributed by atoms with Gasteiger partial charge in [0.15, 0.2) is 0 Å². The van der Waals surface area contributed by atoms with E-state index >= 15 is 0 Å². The van der Waals surface area contributed by atoms with E-state index in [1.807, 2.05) is 38.1 Å². The summed E-state index contributed by atoms with van der Waals surface area (Å²) in [5, 5.41) is 19.1. The number of carbonyl (C=O) groups is 1. The number of nitrogens with zero attached hydrogens (tertiary/aromatic N) is 8. The summed E-state index contributed by atoms with van der Waals surface area (Å²) in [4.78, 5) is 31.2. The van der Waals surface area contributed by atoms with Gasteiger partial charge >= 0.3 is 0 Å². The van der Waals surface area contributed by atoms with Gasteiger partial charge in [-0.2, -0.15) is 20.3 Å². The molecule has 0 radical (unpaired) electrons. The third-order valence-corrected chi connectivity index (χ3v) is 5.01. The third kappa shape index (κ3) is 4.22. The zero-order valence-electron chi connectivity index (χ0n) is 17.6. The van der Waals surface area contributed by atoms with Crippen molar-refractivity contribution in [3.05, 3.63) is 59.2 Å². The number of nitriles is 1. The molecule has 158 valence electrons. The van der Waals surface area contributed by atoms with Crippen LogP contribution < -0.4 is 5.06 Å². The first-order valence-electron chi connectivity index (χ1n) is 9.91. The second-order valence-corrected chi connectivity index (χ2v) is 7.39. The fourth-order valence-corrected chi connectivity index (χ4v) is 3.44. The van der Waals surface area contributed by atoms with Gasteiger partial charge in [-0.1, -0.05) is 11.6 Å². The van der Waals surface area contributed by atoms with Crippen LogP contribution in [0.4, 0.5) is 5.95 Å². The van der Waals surface area contributed by atoms with Crippen molar-refractivity contribution < 1.29 is 9.63 Å². The van der Waals surface area contributed by atoms with E-state index in [0.29, 0.717) is 36.0 Å². The maximum Gasteiger partial charge on any atom is 0.256 e. The molecule has 0 saturated carbocycles. The molecule has 0 bridgehead atoms. The highest BCUT2D eigenvalue weighted by Gasteiger charge is 2.29. The largest absolute Gasteiger partial charge is 0.332 e. The lowest BCUT2D eigenvalue weighted by Crippen LogP contribution is -2.41. The Morgan fingerprint density at radius 1 is 1.16 bits per heavy atom. The molecule has 10 nitrogen and oxygen atoms in total. The Morgan fingerprint density at radius 2 is 1.94 bits per heavy atom. The topological polar surface area (TPSA) is 113 Å². The second-order valence-electron chi connectivity index (χ2n) is 7.39. The summed E-state index contributed by atoms with van der Waals surface area (Å²) in [7, 11) is 0. The standard InChI is InChI=1S/C21H22N8O2/c1-14-4-5-19(29-23-6-7-24-29)18(10-14)20(30)27-8-9-28(31-13-16(27)3)21-25-15(2)11-17(12-22)26-21/h4-7,10-11,16H,8-9,13H2,1-3H3/t16-/m1/s1. The van der Waals surface area contributed by atoms with E-state index in [4.69, 9.17) is 4.84 Å². The van der Waals surface area contributed by atoms with E-state index in [1.165, 1.54) is 4.80 Å². The van der Waals surface area contributed by atoms with Crippen LogP contribution in [0.5, 0.6) is 0 Å². The highest BCUT2D eigenvalue weighted by Crippen LogP contribution is 2.21. The molecule has 31 heavy (non-hydrogen) atoms. The lowest BCUT2D eigenvalue weighted by Gasteiger charge is -2.26. The summed E-state index contributed by atoms with van der Waals surface area (Å²) in [5.74, 6) is 0.187. The second kappa shape index (κ2) is 8.49. The third-order valence-electron chi connectivity index (χ3n) is 5.01. The minimum atomic E-state index is -0.184. The van der Waals surface area contributed by atoms with Gasteiger partial charge in [0.1, 0.15) is 11.8 Å². The molecule has 4 rings (SSSR count). The molecule has 1 aliphatic heterocycles. The number of aromatic nitrogens is 5. The predicted molar refractivity (Wildman–Crippen MR) is 111 cm³/mol. The summed E-state index contributed by atoms with van der Waals surface area (Å²) < 4.78 is 0. The molecule has 10 heteroatoms. The van der Waals surface area contributed by atoms with Crippen molar-refractivity contribution in [2.75, 3.05) is 24.8 Å². The quantitative estimate of drug-likeness (QED) is 0.633. The first kappa shape index (κ1) is 20.4. The van der Waals surface area contributed by atoms with Crippen LogP contribution >= 0.6 is 0 Å². The fraction of sp³-hybridized carbons (Fsp3) is 0.333. The molecule has 2 aromatic heterocycles. The number of hydrogen-bond acceptors (Lipinski definition) is 8. The molecule has 0 aliphatic carbocycles. The van der Waals surface area contributed by atoms with Crippen molar-refractivity contribution >= 4 is 11.9 Å². The summed E-state index contributed by atoms with van der Waals surface area (Å²) in [6.45, 7) is 6.71. The number of carbonyl (C=O) groups excluding carboxylic acids is 1. The Hall–Kier alpha value is -3.84. The lowest BCUT2D eigenvalue weighted by atomic mass is 10.1. The molecule has 1 atom stereocenters. The zero-order valence-corrected chi connectivity index (χ0v) is 17.6. The van der Waals surface area contributed by atoms with Crippen molar-refractivity contribution in [1.29, 1.82) is 5.26 Å². The van der Waals surface area contributed by atoms with Gasteiger partial charge < -0.3 is 4.90 Å². The number of aryl methyl sites for hydroxylation is 2. The van der Waals surface area contributed by atoms with Crippen LogP contribution in [0.25, 0.3) is 5.69 Å². The number of hydroxylamine groups is 1. The Morgan fingerprint density at radius 3 is 2.68 bits per heavy atom. The van der Waals surface area contributed by atoms with Crippen LogP contribution in [0.2, 0.25) is 0 Å². The first-order valence-corrected chi connectivity index (χ1v) is 9.91. The smallest absolute Gasteiger partial charge is 0.256 e. The molecule has 0 spiro atoms. The van der Waals surface area contributed by atoms with Crippen molar-refractivity contribution in [2.45, 2.75) is 26.8 Å². The van der Waals surface area contributed by atoms with E-state index in [-0.39, 0.29) is 24.2 Å². The van der Waals surface area contributed by atoms with E-state index in [9.17, 15) is 10.1 Å². The number of anilines is 1. The molecule has 1 saturated heterocycles. The van der Waals surface area contributed by atoms with E-state index < -0.39 is 0 Å². The van der Waals surface area contributed by atoms with E-state index in [0.717, 1.165) is 5.56 Å². The zero-order chi connectivity index (χ0) is 22.0. The van der Waals surface area contributed by atoms with Gasteiger partial charge in [0.05, 0.1) is 42.8 Å². The first-order chi connectivity index (χ1) is 15.0. The van der Waals surface area contributed by atoms with Gasteiger partial charge in [-0.25, -0.2) is 15.0 Å². The number of rotatable bonds is 3. The van der Waals surface area contributed by atoms with Gasteiger partial charge in [-0.3, -0.25) is 9.63 Å². The van der Waals surface area contributed by atoms with Gasteiger partial charge in [-0.15, -0.1) is 0 Å². The minimum absolute atomic E-state index is 0.128. The van der Waals surface area contributed by atoms with Crippen molar-refractivity contribution in [1.82, 2.24) is 29.9 Å². The van der Waals surface area contributed by atoms with E-state index in [1.54, 1.807) is 35.3 Å². The van der Waals surface area contributed by atoms with Gasteiger partial charge in [0.25, 0.3) is 11.9 Å². The summed E-state index contributed by atoms with van der Waals surface area (Å²) in [6, 6.07) is 9.08. The number of benzene rings is 1. The fourth-order valence-electron chi connectivity index (χ4n) is 3.44. The normalized spacial score (nSPS) is 16.6. The maximum absolute atomic E-state index is 13.5. The van der Waals surface area contributed by atoms with Gasteiger partial charge in [0, 0.05) is 12.2 Å². The molecule has 0 unspecified atom stereocenters. The SMILES string of the molecule is Cc1ccc(-n2nccn2)c(C(=O)N2CCN(c3nc(C)cc(C#N)n3)OC[C@H]2C)c1. The lowest BCUT2D eigenvalue weighted by molar-refractivity contribution is 0.0596. The molecule has 3 heterocycles. The van der Waals surface area contributed by atoms with Crippen LogP contribution in [-0.4, -0.2) is 61.5 Å². The average molecular weight is 418 g/mol. The Labute approximate surface area is 179 Å². The van der Waals surface area contributed by atoms with Crippen molar-refractivity contribution in [2.24, 2.45) is 0 Å². The molecule has 1 aliphatic rings. The van der Waals surface area contributed by atoms with Crippen LogP contribution in [-0.2, 0) is 4.84 Å². The van der Waals surface area contributed by atoms with Crippen LogP contribution in [0.1, 0.15) is 34.2 Å². The molecular formula is C21H22N8O2. The predicted octanol–water partition coefficient (Wildman–Crippen LogP) is 1.83. The van der Waals surface area contributed by atoms with Gasteiger partial charge in [-0.05, 0) is 39.0 Å². The number of amides is 1.